The van der Waals surface area contributed by atoms with Gasteiger partial charge in [-0.2, -0.15) is 0 Å². The summed E-state index contributed by atoms with van der Waals surface area (Å²) in [7, 11) is 0. The molecule has 1 N–H and O–H groups in total. The van der Waals surface area contributed by atoms with Crippen LogP contribution in [-0.2, 0) is 5.60 Å². The lowest BCUT2D eigenvalue weighted by Crippen LogP contribution is -2.15. The van der Waals surface area contributed by atoms with E-state index >= 15 is 0 Å². The molecule has 1 heterocycles. The molecule has 0 spiro atoms. The van der Waals surface area contributed by atoms with E-state index in [1.807, 2.05) is 36.5 Å². The van der Waals surface area contributed by atoms with Crippen LogP contribution in [0.25, 0.3) is 0 Å². The van der Waals surface area contributed by atoms with Gasteiger partial charge in [0.1, 0.15) is 0 Å². The minimum atomic E-state index is -0.770. The molecule has 1 aromatic rings. The van der Waals surface area contributed by atoms with Crippen molar-refractivity contribution in [2.45, 2.75) is 25.9 Å². The van der Waals surface area contributed by atoms with E-state index in [0.717, 1.165) is 23.3 Å². The number of allylic oxidation sites excluding steroid dienone is 1. The molecule has 0 amide bonds. The van der Waals surface area contributed by atoms with Gasteiger partial charge in [0.15, 0.2) is 0 Å². The highest BCUT2D eigenvalue weighted by atomic mass is 16.3. The lowest BCUT2D eigenvalue weighted by atomic mass is 9.96. The largest absolute Gasteiger partial charge is 0.386 e. The summed E-state index contributed by atoms with van der Waals surface area (Å²) >= 11 is 0. The highest BCUT2D eigenvalue weighted by Gasteiger charge is 2.15. The molecule has 0 unspecified atom stereocenters. The minimum Gasteiger partial charge on any atom is -0.386 e. The van der Waals surface area contributed by atoms with Crippen molar-refractivity contribution < 1.29 is 5.11 Å². The zero-order valence-corrected chi connectivity index (χ0v) is 9.07. The molecule has 0 bridgehead atoms. The van der Waals surface area contributed by atoms with Crippen molar-refractivity contribution in [2.24, 2.45) is 4.99 Å². The molecule has 78 valence electrons. The van der Waals surface area contributed by atoms with E-state index < -0.39 is 5.60 Å². The number of aliphatic imine (C=N–C) groups is 1. The quantitative estimate of drug-likeness (QED) is 0.783. The van der Waals surface area contributed by atoms with E-state index in [-0.39, 0.29) is 0 Å². The Hall–Kier alpha value is -1.41. The third-order valence-corrected chi connectivity index (χ3v) is 2.57. The molecule has 2 nitrogen and oxygen atoms in total. The average Bonchev–Trinajstić information content (AvgIpc) is 2.69. The molecule has 0 atom stereocenters. The standard InChI is InChI=1S/C13H15NO/c1-13(2,15)11-7-5-10(6-8-11)12-4-3-9-14-12/h3,5-9,15H,4H2,1-2H3. The fourth-order valence-electron chi connectivity index (χ4n) is 1.62. The molecular weight excluding hydrogens is 186 g/mol. The molecule has 0 saturated carbocycles. The number of aliphatic hydroxyl groups is 1. The van der Waals surface area contributed by atoms with Crippen molar-refractivity contribution in [1.29, 1.82) is 0 Å². The zero-order chi connectivity index (χ0) is 10.9. The second-order valence-corrected chi connectivity index (χ2v) is 4.30. The summed E-state index contributed by atoms with van der Waals surface area (Å²) in [5, 5.41) is 9.80. The maximum Gasteiger partial charge on any atom is 0.0840 e. The topological polar surface area (TPSA) is 32.6 Å². The van der Waals surface area contributed by atoms with Gasteiger partial charge >= 0.3 is 0 Å². The Bertz CT molecular complexity index is 407. The van der Waals surface area contributed by atoms with Crippen molar-refractivity contribution >= 4 is 5.71 Å². The summed E-state index contributed by atoms with van der Waals surface area (Å²) in [6.45, 7) is 3.58. The normalized spacial score (nSPS) is 15.5. The van der Waals surface area contributed by atoms with Gasteiger partial charge in [-0.25, -0.2) is 0 Å². The second kappa shape index (κ2) is 3.63. The Morgan fingerprint density at radius 1 is 1.20 bits per heavy atom. The monoisotopic (exact) mass is 201 g/mol. The molecule has 0 aromatic heterocycles. The van der Waals surface area contributed by atoms with Crippen molar-refractivity contribution in [3.8, 4) is 0 Å². The van der Waals surface area contributed by atoms with Crippen LogP contribution in [0.15, 0.2) is 41.5 Å². The predicted octanol–water partition coefficient (Wildman–Crippen LogP) is 2.62. The Morgan fingerprint density at radius 2 is 1.87 bits per heavy atom. The van der Waals surface area contributed by atoms with Gasteiger partial charge in [-0.1, -0.05) is 30.3 Å². The van der Waals surface area contributed by atoms with Gasteiger partial charge in [0.25, 0.3) is 0 Å². The Kier molecular flexibility index (Phi) is 2.45. The van der Waals surface area contributed by atoms with E-state index in [2.05, 4.69) is 4.99 Å². The average molecular weight is 201 g/mol. The van der Waals surface area contributed by atoms with Crippen LogP contribution in [0.1, 0.15) is 31.4 Å². The number of nitrogens with zero attached hydrogens (tertiary/aromatic N) is 1. The summed E-state index contributed by atoms with van der Waals surface area (Å²) in [6, 6.07) is 7.94. The van der Waals surface area contributed by atoms with Crippen molar-refractivity contribution in [3.63, 3.8) is 0 Å². The summed E-state index contributed by atoms with van der Waals surface area (Å²) < 4.78 is 0. The molecule has 0 aliphatic carbocycles. The van der Waals surface area contributed by atoms with E-state index in [4.69, 9.17) is 0 Å². The molecule has 0 radical (unpaired) electrons. The molecule has 15 heavy (non-hydrogen) atoms. The smallest absolute Gasteiger partial charge is 0.0840 e. The lowest BCUT2D eigenvalue weighted by Gasteiger charge is -2.17. The van der Waals surface area contributed by atoms with E-state index in [0.29, 0.717) is 0 Å². The van der Waals surface area contributed by atoms with Gasteiger partial charge in [0.2, 0.25) is 0 Å². The summed E-state index contributed by atoms with van der Waals surface area (Å²) in [5.41, 5.74) is 2.39. The summed E-state index contributed by atoms with van der Waals surface area (Å²) in [6.07, 6.45) is 4.78. The number of benzene rings is 1. The fourth-order valence-corrected chi connectivity index (χ4v) is 1.62. The number of hydrogen-bond acceptors (Lipinski definition) is 2. The first-order chi connectivity index (χ1) is 7.07. The van der Waals surface area contributed by atoms with Crippen LogP contribution < -0.4 is 0 Å². The molecule has 1 aliphatic rings. The van der Waals surface area contributed by atoms with Gasteiger partial charge in [0.05, 0.1) is 11.3 Å². The molecule has 0 saturated heterocycles. The highest BCUT2D eigenvalue weighted by molar-refractivity contribution is 6.02. The number of rotatable bonds is 2. The summed E-state index contributed by atoms with van der Waals surface area (Å²) in [5.74, 6) is 0. The molecule has 2 rings (SSSR count). The maximum atomic E-state index is 9.80. The molecule has 2 heteroatoms. The SMILES string of the molecule is CC(C)(O)c1ccc(C2=NC=CC2)cc1. The van der Waals surface area contributed by atoms with Crippen LogP contribution in [0.3, 0.4) is 0 Å². The van der Waals surface area contributed by atoms with Crippen LogP contribution in [0, 0.1) is 0 Å². The van der Waals surface area contributed by atoms with E-state index in [1.54, 1.807) is 13.8 Å². The third kappa shape index (κ3) is 2.16. The van der Waals surface area contributed by atoms with E-state index in [1.165, 1.54) is 0 Å². The van der Waals surface area contributed by atoms with Crippen molar-refractivity contribution in [2.75, 3.05) is 0 Å². The van der Waals surface area contributed by atoms with Crippen LogP contribution in [0.5, 0.6) is 0 Å². The fraction of sp³-hybridized carbons (Fsp3) is 0.308. The predicted molar refractivity (Wildman–Crippen MR) is 62.0 cm³/mol. The molecule has 1 aliphatic heterocycles. The van der Waals surface area contributed by atoms with Gasteiger partial charge in [-0.15, -0.1) is 0 Å². The third-order valence-electron chi connectivity index (χ3n) is 2.57. The molecular formula is C13H15NO. The number of hydrogen-bond donors (Lipinski definition) is 1. The molecule has 1 aromatic carbocycles. The Morgan fingerprint density at radius 3 is 2.33 bits per heavy atom. The van der Waals surface area contributed by atoms with Gasteiger partial charge in [-0.3, -0.25) is 4.99 Å². The zero-order valence-electron chi connectivity index (χ0n) is 9.07. The maximum absolute atomic E-state index is 9.80. The van der Waals surface area contributed by atoms with Crippen molar-refractivity contribution in [3.05, 3.63) is 47.7 Å². The first kappa shape index (κ1) is 10.1. The first-order valence-corrected chi connectivity index (χ1v) is 5.12. The van der Waals surface area contributed by atoms with Gasteiger partial charge in [-0.05, 0) is 25.0 Å². The van der Waals surface area contributed by atoms with E-state index in [9.17, 15) is 5.11 Å². The lowest BCUT2D eigenvalue weighted by molar-refractivity contribution is 0.0786. The van der Waals surface area contributed by atoms with Gasteiger partial charge < -0.3 is 5.11 Å². The summed E-state index contributed by atoms with van der Waals surface area (Å²) in [4.78, 5) is 4.27. The van der Waals surface area contributed by atoms with Crippen LogP contribution >= 0.6 is 0 Å². The van der Waals surface area contributed by atoms with Crippen LogP contribution in [-0.4, -0.2) is 10.8 Å². The van der Waals surface area contributed by atoms with Gasteiger partial charge in [0, 0.05) is 12.6 Å². The second-order valence-electron chi connectivity index (χ2n) is 4.30. The van der Waals surface area contributed by atoms with Crippen molar-refractivity contribution in [1.82, 2.24) is 0 Å². The molecule has 0 fully saturated rings. The Labute approximate surface area is 90.0 Å². The first-order valence-electron chi connectivity index (χ1n) is 5.12. The highest BCUT2D eigenvalue weighted by Crippen LogP contribution is 2.20. The Balaban J connectivity index is 2.25. The van der Waals surface area contributed by atoms with Crippen LogP contribution in [0.2, 0.25) is 0 Å². The minimum absolute atomic E-state index is 0.770. The van der Waals surface area contributed by atoms with Crippen LogP contribution in [0.4, 0.5) is 0 Å².